The largest absolute Gasteiger partial charge is 0.293 e. The van der Waals surface area contributed by atoms with Crippen molar-refractivity contribution in [1.82, 2.24) is 5.01 Å². The summed E-state index contributed by atoms with van der Waals surface area (Å²) in [6.07, 6.45) is 0. The predicted octanol–water partition coefficient (Wildman–Crippen LogP) is 3.39. The highest BCUT2D eigenvalue weighted by molar-refractivity contribution is 5.98. The van der Waals surface area contributed by atoms with E-state index in [1.54, 1.807) is 0 Å². The molecule has 0 saturated carbocycles. The van der Waals surface area contributed by atoms with Crippen LogP contribution in [0.2, 0.25) is 0 Å². The Balaban J connectivity index is 1.85. The first kappa shape index (κ1) is 11.0. The summed E-state index contributed by atoms with van der Waals surface area (Å²) < 4.78 is 0. The van der Waals surface area contributed by atoms with Crippen LogP contribution in [0, 0.1) is 0 Å². The summed E-state index contributed by atoms with van der Waals surface area (Å²) in [5.74, 6) is 0. The SMILES string of the molecule is C/C(=N\N1CC1)c1ccc(-c2ccccc2)cc1. The van der Waals surface area contributed by atoms with Gasteiger partial charge in [-0.15, -0.1) is 0 Å². The standard InChI is InChI=1S/C16H16N2/c1-13(17-18-11-12-18)14-7-9-16(10-8-14)15-5-3-2-4-6-15/h2-10H,11-12H2,1H3/b17-13+. The average molecular weight is 236 g/mol. The van der Waals surface area contributed by atoms with Gasteiger partial charge in [0.25, 0.3) is 0 Å². The molecule has 0 unspecified atom stereocenters. The van der Waals surface area contributed by atoms with Crippen molar-refractivity contribution in [3.05, 3.63) is 60.2 Å². The summed E-state index contributed by atoms with van der Waals surface area (Å²) in [6.45, 7) is 4.26. The highest BCUT2D eigenvalue weighted by Crippen LogP contribution is 2.19. The molecule has 2 nitrogen and oxygen atoms in total. The van der Waals surface area contributed by atoms with Gasteiger partial charge in [0, 0.05) is 0 Å². The minimum absolute atomic E-state index is 1.09. The summed E-state index contributed by atoms with van der Waals surface area (Å²) >= 11 is 0. The first-order chi connectivity index (χ1) is 8.83. The highest BCUT2D eigenvalue weighted by Gasteiger charge is 2.14. The molecule has 0 aromatic heterocycles. The van der Waals surface area contributed by atoms with E-state index in [0.29, 0.717) is 0 Å². The first-order valence-electron chi connectivity index (χ1n) is 6.29. The number of hydrazone groups is 1. The maximum Gasteiger partial charge on any atom is 0.0646 e. The van der Waals surface area contributed by atoms with Crippen LogP contribution in [-0.2, 0) is 0 Å². The van der Waals surface area contributed by atoms with Crippen LogP contribution >= 0.6 is 0 Å². The van der Waals surface area contributed by atoms with Gasteiger partial charge in [0.05, 0.1) is 18.8 Å². The molecule has 2 aromatic carbocycles. The number of benzene rings is 2. The lowest BCUT2D eigenvalue weighted by molar-refractivity contribution is 0.607. The molecule has 0 N–H and O–H groups in total. The minimum Gasteiger partial charge on any atom is -0.293 e. The molecule has 2 aromatic rings. The van der Waals surface area contributed by atoms with E-state index in [-0.39, 0.29) is 0 Å². The fraction of sp³-hybridized carbons (Fsp3) is 0.188. The quantitative estimate of drug-likeness (QED) is 0.589. The van der Waals surface area contributed by atoms with E-state index in [4.69, 9.17) is 0 Å². The Morgan fingerprint density at radius 2 is 1.50 bits per heavy atom. The molecule has 0 amide bonds. The summed E-state index contributed by atoms with van der Waals surface area (Å²) in [6, 6.07) is 19.0. The number of hydrogen-bond acceptors (Lipinski definition) is 2. The molecule has 3 rings (SSSR count). The number of rotatable bonds is 3. The van der Waals surface area contributed by atoms with Gasteiger partial charge in [-0.25, -0.2) is 0 Å². The summed E-state index contributed by atoms with van der Waals surface area (Å²) in [5.41, 5.74) is 4.79. The maximum absolute atomic E-state index is 4.51. The first-order valence-corrected chi connectivity index (χ1v) is 6.29. The van der Waals surface area contributed by atoms with Gasteiger partial charge in [0.15, 0.2) is 0 Å². The van der Waals surface area contributed by atoms with Crippen LogP contribution in [0.3, 0.4) is 0 Å². The van der Waals surface area contributed by atoms with Gasteiger partial charge in [-0.2, -0.15) is 5.10 Å². The van der Waals surface area contributed by atoms with Crippen molar-refractivity contribution < 1.29 is 0 Å². The molecular weight excluding hydrogens is 220 g/mol. The summed E-state index contributed by atoms with van der Waals surface area (Å²) in [4.78, 5) is 0. The van der Waals surface area contributed by atoms with Gasteiger partial charge in [-0.05, 0) is 23.6 Å². The molecule has 18 heavy (non-hydrogen) atoms. The zero-order chi connectivity index (χ0) is 12.4. The van der Waals surface area contributed by atoms with Crippen LogP contribution in [-0.4, -0.2) is 23.8 Å². The van der Waals surface area contributed by atoms with E-state index in [0.717, 1.165) is 18.8 Å². The van der Waals surface area contributed by atoms with Crippen molar-refractivity contribution in [3.8, 4) is 11.1 Å². The Hall–Kier alpha value is -2.09. The zero-order valence-electron chi connectivity index (χ0n) is 10.5. The van der Waals surface area contributed by atoms with Gasteiger partial charge >= 0.3 is 0 Å². The van der Waals surface area contributed by atoms with E-state index in [2.05, 4.69) is 65.6 Å². The topological polar surface area (TPSA) is 15.4 Å². The smallest absolute Gasteiger partial charge is 0.0646 e. The van der Waals surface area contributed by atoms with Gasteiger partial charge in [0.1, 0.15) is 0 Å². The normalized spacial score (nSPS) is 14.7. The van der Waals surface area contributed by atoms with Crippen LogP contribution in [0.1, 0.15) is 12.5 Å². The third-order valence-electron chi connectivity index (χ3n) is 3.12. The average Bonchev–Trinajstić information content (AvgIpc) is 3.24. The second-order valence-electron chi connectivity index (χ2n) is 4.58. The molecule has 0 spiro atoms. The van der Waals surface area contributed by atoms with E-state index in [1.807, 2.05) is 6.07 Å². The Kier molecular flexibility index (Phi) is 2.85. The molecule has 2 heteroatoms. The Labute approximate surface area is 108 Å². The van der Waals surface area contributed by atoms with Gasteiger partial charge < -0.3 is 0 Å². The van der Waals surface area contributed by atoms with E-state index in [1.165, 1.54) is 16.7 Å². The predicted molar refractivity (Wildman–Crippen MR) is 75.7 cm³/mol. The third-order valence-corrected chi connectivity index (χ3v) is 3.12. The zero-order valence-corrected chi connectivity index (χ0v) is 10.5. The molecule has 0 radical (unpaired) electrons. The summed E-state index contributed by atoms with van der Waals surface area (Å²) in [5, 5.41) is 6.58. The maximum atomic E-state index is 4.51. The molecule has 0 aliphatic carbocycles. The van der Waals surface area contributed by atoms with Crippen LogP contribution in [0.25, 0.3) is 11.1 Å². The van der Waals surface area contributed by atoms with Crippen molar-refractivity contribution in [3.63, 3.8) is 0 Å². The minimum atomic E-state index is 1.09. The van der Waals surface area contributed by atoms with Gasteiger partial charge in [-0.1, -0.05) is 54.6 Å². The van der Waals surface area contributed by atoms with Crippen LogP contribution < -0.4 is 0 Å². The van der Waals surface area contributed by atoms with Crippen LogP contribution in [0.5, 0.6) is 0 Å². The Morgan fingerprint density at radius 3 is 2.11 bits per heavy atom. The van der Waals surface area contributed by atoms with Crippen molar-refractivity contribution >= 4 is 5.71 Å². The molecule has 1 aliphatic rings. The fourth-order valence-electron chi connectivity index (χ4n) is 1.95. The second kappa shape index (κ2) is 4.65. The van der Waals surface area contributed by atoms with Crippen LogP contribution in [0.15, 0.2) is 59.7 Å². The van der Waals surface area contributed by atoms with Gasteiger partial charge in [0.2, 0.25) is 0 Å². The Morgan fingerprint density at radius 1 is 0.889 bits per heavy atom. The van der Waals surface area contributed by atoms with E-state index < -0.39 is 0 Å². The monoisotopic (exact) mass is 236 g/mol. The molecular formula is C16H16N2. The van der Waals surface area contributed by atoms with Crippen LogP contribution in [0.4, 0.5) is 0 Å². The van der Waals surface area contributed by atoms with E-state index in [9.17, 15) is 0 Å². The molecule has 90 valence electrons. The molecule has 1 heterocycles. The molecule has 0 atom stereocenters. The fourth-order valence-corrected chi connectivity index (χ4v) is 1.95. The van der Waals surface area contributed by atoms with Gasteiger partial charge in [-0.3, -0.25) is 5.01 Å². The number of hydrogen-bond donors (Lipinski definition) is 0. The second-order valence-corrected chi connectivity index (χ2v) is 4.58. The molecule has 1 saturated heterocycles. The third kappa shape index (κ3) is 2.43. The molecule has 1 aliphatic heterocycles. The van der Waals surface area contributed by atoms with Crippen molar-refractivity contribution in [1.29, 1.82) is 0 Å². The van der Waals surface area contributed by atoms with Crippen molar-refractivity contribution in [2.24, 2.45) is 5.10 Å². The molecule has 0 bridgehead atoms. The lowest BCUT2D eigenvalue weighted by atomic mass is 10.0. The lowest BCUT2D eigenvalue weighted by Crippen LogP contribution is -1.98. The Bertz CT molecular complexity index is 551. The number of nitrogens with zero attached hydrogens (tertiary/aromatic N) is 2. The van der Waals surface area contributed by atoms with Crippen molar-refractivity contribution in [2.45, 2.75) is 6.92 Å². The van der Waals surface area contributed by atoms with E-state index >= 15 is 0 Å². The lowest BCUT2D eigenvalue weighted by Gasteiger charge is -2.04. The highest BCUT2D eigenvalue weighted by atomic mass is 15.5. The molecule has 1 fully saturated rings. The van der Waals surface area contributed by atoms with Crippen molar-refractivity contribution in [2.75, 3.05) is 13.1 Å². The summed E-state index contributed by atoms with van der Waals surface area (Å²) in [7, 11) is 0.